The molecule has 2 aromatic carbocycles. The van der Waals surface area contributed by atoms with Gasteiger partial charge in [0.15, 0.2) is 6.61 Å². The van der Waals surface area contributed by atoms with Crippen LogP contribution >= 0.6 is 0 Å². The molecule has 0 heterocycles. The molecule has 8 nitrogen and oxygen atoms in total. The van der Waals surface area contributed by atoms with Crippen molar-refractivity contribution in [3.8, 4) is 0 Å². The zero-order valence-corrected chi connectivity index (χ0v) is 17.5. The zero-order chi connectivity index (χ0) is 22.2. The van der Waals surface area contributed by atoms with Gasteiger partial charge in [0.2, 0.25) is 0 Å². The van der Waals surface area contributed by atoms with Crippen LogP contribution in [0.2, 0.25) is 0 Å². The second kappa shape index (κ2) is 10.6. The predicted octanol–water partition coefficient (Wildman–Crippen LogP) is 2.52. The number of imide groups is 1. The summed E-state index contributed by atoms with van der Waals surface area (Å²) in [6, 6.07) is 12.3. The molecular formula is C23H27N3O5. The molecule has 0 radical (unpaired) electrons. The summed E-state index contributed by atoms with van der Waals surface area (Å²) >= 11 is 0. The third kappa shape index (κ3) is 6.53. The summed E-state index contributed by atoms with van der Waals surface area (Å²) in [6.45, 7) is 1.09. The average molecular weight is 425 g/mol. The molecule has 1 aliphatic carbocycles. The molecular weight excluding hydrogens is 398 g/mol. The third-order valence-electron chi connectivity index (χ3n) is 5.45. The van der Waals surface area contributed by atoms with Crippen LogP contribution in [0, 0.1) is 5.92 Å². The van der Waals surface area contributed by atoms with Crippen LogP contribution in [-0.2, 0) is 14.3 Å². The fourth-order valence-electron chi connectivity index (χ4n) is 3.68. The van der Waals surface area contributed by atoms with Crippen molar-refractivity contribution in [2.75, 3.05) is 13.2 Å². The molecule has 31 heavy (non-hydrogen) atoms. The van der Waals surface area contributed by atoms with E-state index in [-0.39, 0.29) is 12.6 Å². The van der Waals surface area contributed by atoms with E-state index in [2.05, 4.69) is 22.9 Å². The predicted molar refractivity (Wildman–Crippen MR) is 115 cm³/mol. The van der Waals surface area contributed by atoms with E-state index in [0.717, 1.165) is 36.5 Å². The zero-order valence-electron chi connectivity index (χ0n) is 17.5. The van der Waals surface area contributed by atoms with Gasteiger partial charge >= 0.3 is 12.0 Å². The van der Waals surface area contributed by atoms with E-state index in [1.165, 1.54) is 0 Å². The number of carbonyl (C=O) groups is 4. The third-order valence-corrected chi connectivity index (χ3v) is 5.45. The first-order valence-electron chi connectivity index (χ1n) is 10.5. The summed E-state index contributed by atoms with van der Waals surface area (Å²) in [7, 11) is 0. The highest BCUT2D eigenvalue weighted by Crippen LogP contribution is 2.23. The fraction of sp³-hybridized carbons (Fsp3) is 0.391. The Labute approximate surface area is 180 Å². The van der Waals surface area contributed by atoms with Gasteiger partial charge in [-0.15, -0.1) is 0 Å². The van der Waals surface area contributed by atoms with E-state index < -0.39 is 30.4 Å². The Morgan fingerprint density at radius 2 is 1.74 bits per heavy atom. The van der Waals surface area contributed by atoms with Gasteiger partial charge in [-0.3, -0.25) is 19.7 Å². The number of hydrogen-bond donors (Lipinski definition) is 3. The largest absolute Gasteiger partial charge is 0.454 e. The number of amides is 4. The van der Waals surface area contributed by atoms with Gasteiger partial charge in [-0.05, 0) is 41.7 Å². The highest BCUT2D eigenvalue weighted by molar-refractivity contribution is 6.00. The molecule has 0 spiro atoms. The highest BCUT2D eigenvalue weighted by atomic mass is 16.5. The van der Waals surface area contributed by atoms with Crippen molar-refractivity contribution in [3.63, 3.8) is 0 Å². The van der Waals surface area contributed by atoms with E-state index in [0.29, 0.717) is 11.5 Å². The molecule has 1 aliphatic rings. The molecule has 3 N–H and O–H groups in total. The maximum absolute atomic E-state index is 12.2. The van der Waals surface area contributed by atoms with E-state index in [1.807, 2.05) is 30.3 Å². The first-order chi connectivity index (χ1) is 14.9. The molecule has 0 bridgehead atoms. The molecule has 164 valence electrons. The van der Waals surface area contributed by atoms with Crippen LogP contribution < -0.4 is 16.0 Å². The molecule has 8 heteroatoms. The minimum absolute atomic E-state index is 0.0365. The first-order valence-corrected chi connectivity index (χ1v) is 10.5. The number of benzene rings is 2. The molecule has 3 rings (SSSR count). The SMILES string of the molecule is C[C@@H]1CCCC[C@@H]1NC(=O)NC(=O)COC(=O)CNC(=O)c1ccc2ccccc2c1. The standard InChI is InChI=1S/C23H27N3O5/c1-15-6-2-5-9-19(15)25-23(30)26-20(27)14-31-21(28)13-24-22(29)18-11-10-16-7-3-4-8-17(16)12-18/h3-4,7-8,10-12,15,19H,2,5-6,9,13-14H2,1H3,(H,24,29)(H2,25,26,27,30)/t15-,19+/m1/s1. The van der Waals surface area contributed by atoms with Crippen LogP contribution in [0.25, 0.3) is 10.8 Å². The van der Waals surface area contributed by atoms with Crippen LogP contribution in [0.5, 0.6) is 0 Å². The van der Waals surface area contributed by atoms with Crippen LogP contribution in [0.15, 0.2) is 42.5 Å². The topological polar surface area (TPSA) is 114 Å². The number of rotatable bonds is 6. The van der Waals surface area contributed by atoms with Crippen molar-refractivity contribution in [2.45, 2.75) is 38.6 Å². The Hall–Kier alpha value is -3.42. The van der Waals surface area contributed by atoms with Gasteiger partial charge in [-0.2, -0.15) is 0 Å². The van der Waals surface area contributed by atoms with Crippen molar-refractivity contribution >= 4 is 34.6 Å². The van der Waals surface area contributed by atoms with Crippen molar-refractivity contribution in [1.82, 2.24) is 16.0 Å². The molecule has 0 unspecified atom stereocenters. The maximum Gasteiger partial charge on any atom is 0.325 e. The van der Waals surface area contributed by atoms with Gasteiger partial charge in [0.1, 0.15) is 6.54 Å². The maximum atomic E-state index is 12.2. The van der Waals surface area contributed by atoms with Crippen LogP contribution in [0.1, 0.15) is 43.0 Å². The lowest BCUT2D eigenvalue weighted by molar-refractivity contribution is -0.147. The van der Waals surface area contributed by atoms with E-state index in [9.17, 15) is 19.2 Å². The summed E-state index contributed by atoms with van der Waals surface area (Å²) in [5.41, 5.74) is 0.415. The summed E-state index contributed by atoms with van der Waals surface area (Å²) < 4.78 is 4.83. The Morgan fingerprint density at radius 3 is 2.52 bits per heavy atom. The molecule has 2 atom stereocenters. The van der Waals surface area contributed by atoms with Gasteiger partial charge < -0.3 is 15.4 Å². The van der Waals surface area contributed by atoms with Crippen molar-refractivity contribution in [3.05, 3.63) is 48.0 Å². The number of ether oxygens (including phenoxy) is 1. The van der Waals surface area contributed by atoms with Crippen molar-refractivity contribution in [1.29, 1.82) is 0 Å². The van der Waals surface area contributed by atoms with Crippen LogP contribution in [0.4, 0.5) is 4.79 Å². The smallest absolute Gasteiger partial charge is 0.325 e. The number of carbonyl (C=O) groups excluding carboxylic acids is 4. The summed E-state index contributed by atoms with van der Waals surface area (Å²) in [4.78, 5) is 47.8. The Morgan fingerprint density at radius 1 is 1.00 bits per heavy atom. The van der Waals surface area contributed by atoms with Gasteiger partial charge in [0.25, 0.3) is 11.8 Å². The first kappa shape index (κ1) is 22.3. The highest BCUT2D eigenvalue weighted by Gasteiger charge is 2.23. The molecule has 4 amide bonds. The number of esters is 1. The Bertz CT molecular complexity index is 975. The van der Waals surface area contributed by atoms with Crippen molar-refractivity contribution < 1.29 is 23.9 Å². The summed E-state index contributed by atoms with van der Waals surface area (Å²) in [5, 5.41) is 9.33. The molecule has 1 fully saturated rings. The summed E-state index contributed by atoms with van der Waals surface area (Å²) in [6.07, 6.45) is 4.12. The lowest BCUT2D eigenvalue weighted by Crippen LogP contribution is -2.48. The van der Waals surface area contributed by atoms with Crippen LogP contribution in [-0.4, -0.2) is 43.0 Å². The summed E-state index contributed by atoms with van der Waals surface area (Å²) in [5.74, 6) is -1.56. The molecule has 1 saturated carbocycles. The van der Waals surface area contributed by atoms with Crippen molar-refractivity contribution in [2.24, 2.45) is 5.92 Å². The number of urea groups is 1. The van der Waals surface area contributed by atoms with Crippen LogP contribution in [0.3, 0.4) is 0 Å². The molecule has 0 aliphatic heterocycles. The average Bonchev–Trinajstić information content (AvgIpc) is 2.77. The molecule has 2 aromatic rings. The Balaban J connectivity index is 1.37. The quantitative estimate of drug-likeness (QED) is 0.616. The Kier molecular flexibility index (Phi) is 7.59. The number of fused-ring (bicyclic) bond motifs is 1. The number of nitrogens with one attached hydrogen (secondary N) is 3. The lowest BCUT2D eigenvalue weighted by Gasteiger charge is -2.29. The van der Waals surface area contributed by atoms with Gasteiger partial charge in [0, 0.05) is 11.6 Å². The minimum atomic E-state index is -0.773. The van der Waals surface area contributed by atoms with Gasteiger partial charge in [0.05, 0.1) is 0 Å². The van der Waals surface area contributed by atoms with E-state index >= 15 is 0 Å². The normalized spacial score (nSPS) is 18.1. The van der Waals surface area contributed by atoms with Gasteiger partial charge in [-0.1, -0.05) is 50.1 Å². The minimum Gasteiger partial charge on any atom is -0.454 e. The monoisotopic (exact) mass is 425 g/mol. The van der Waals surface area contributed by atoms with E-state index in [4.69, 9.17) is 4.74 Å². The number of hydrogen-bond acceptors (Lipinski definition) is 5. The second-order valence-corrected chi connectivity index (χ2v) is 7.80. The second-order valence-electron chi connectivity index (χ2n) is 7.80. The fourth-order valence-corrected chi connectivity index (χ4v) is 3.68. The van der Waals surface area contributed by atoms with E-state index in [1.54, 1.807) is 12.1 Å². The molecule has 0 saturated heterocycles. The lowest BCUT2D eigenvalue weighted by atomic mass is 9.86. The molecule has 0 aromatic heterocycles. The van der Waals surface area contributed by atoms with Gasteiger partial charge in [-0.25, -0.2) is 4.79 Å².